The first-order valence-electron chi connectivity index (χ1n) is 7.85. The molecule has 0 spiro atoms. The van der Waals surface area contributed by atoms with E-state index >= 15 is 0 Å². The van der Waals surface area contributed by atoms with Crippen LogP contribution in [0, 0.1) is 11.6 Å². The first kappa shape index (κ1) is 18.1. The Morgan fingerprint density at radius 2 is 2.04 bits per heavy atom. The van der Waals surface area contributed by atoms with Crippen LogP contribution in [-0.2, 0) is 4.79 Å². The van der Waals surface area contributed by atoms with Gasteiger partial charge in [-0.3, -0.25) is 9.48 Å². The summed E-state index contributed by atoms with van der Waals surface area (Å²) in [5.74, 6) is -1.57. The summed E-state index contributed by atoms with van der Waals surface area (Å²) >= 11 is 0. The van der Waals surface area contributed by atoms with Crippen molar-refractivity contribution in [1.29, 1.82) is 0 Å². The van der Waals surface area contributed by atoms with Crippen LogP contribution in [0.5, 0.6) is 0 Å². The lowest BCUT2D eigenvalue weighted by Gasteiger charge is -2.22. The summed E-state index contributed by atoms with van der Waals surface area (Å²) in [6.45, 7) is 5.71. The first-order chi connectivity index (χ1) is 11.4. The second-order valence-corrected chi connectivity index (χ2v) is 5.85. The molecule has 130 valence electrons. The fourth-order valence-electron chi connectivity index (χ4n) is 2.40. The van der Waals surface area contributed by atoms with Gasteiger partial charge in [-0.2, -0.15) is 5.10 Å². The van der Waals surface area contributed by atoms with E-state index in [9.17, 15) is 13.6 Å². The maximum absolute atomic E-state index is 13.7. The standard InChI is InChI=1S/C17H22F2N4O/c1-11(13(3)23-8-4-7-21-23)20-10-17(24)22-12(2)15-6-5-14(18)9-16(15)19/h4-9,11-13,20H,10H2,1-3H3,(H,22,24)/t11-,12+,13+/m1/s1. The monoisotopic (exact) mass is 336 g/mol. The fourth-order valence-corrected chi connectivity index (χ4v) is 2.40. The van der Waals surface area contributed by atoms with Crippen molar-refractivity contribution < 1.29 is 13.6 Å². The van der Waals surface area contributed by atoms with Crippen LogP contribution in [-0.4, -0.2) is 28.3 Å². The molecule has 0 saturated heterocycles. The molecule has 2 rings (SSSR count). The van der Waals surface area contributed by atoms with Gasteiger partial charge in [0, 0.05) is 30.1 Å². The van der Waals surface area contributed by atoms with E-state index in [-0.39, 0.29) is 30.1 Å². The van der Waals surface area contributed by atoms with Gasteiger partial charge in [0.05, 0.1) is 18.6 Å². The van der Waals surface area contributed by atoms with E-state index in [1.54, 1.807) is 13.1 Å². The molecule has 1 amide bonds. The number of carbonyl (C=O) groups excluding carboxylic acids is 1. The molecule has 1 aromatic heterocycles. The Morgan fingerprint density at radius 3 is 2.67 bits per heavy atom. The van der Waals surface area contributed by atoms with Crippen molar-refractivity contribution in [2.24, 2.45) is 0 Å². The normalized spacial score (nSPS) is 14.9. The quantitative estimate of drug-likeness (QED) is 0.817. The number of hydrogen-bond acceptors (Lipinski definition) is 3. The Bertz CT molecular complexity index is 675. The van der Waals surface area contributed by atoms with Crippen molar-refractivity contribution in [1.82, 2.24) is 20.4 Å². The zero-order valence-electron chi connectivity index (χ0n) is 14.0. The summed E-state index contributed by atoms with van der Waals surface area (Å²) in [6, 6.07) is 4.73. The second kappa shape index (κ2) is 8.01. The summed E-state index contributed by atoms with van der Waals surface area (Å²) in [7, 11) is 0. The van der Waals surface area contributed by atoms with Crippen molar-refractivity contribution in [3.63, 3.8) is 0 Å². The maximum Gasteiger partial charge on any atom is 0.234 e. The van der Waals surface area contributed by atoms with E-state index in [0.29, 0.717) is 0 Å². The lowest BCUT2D eigenvalue weighted by atomic mass is 10.1. The average molecular weight is 336 g/mol. The minimum Gasteiger partial charge on any atom is -0.348 e. The van der Waals surface area contributed by atoms with Crippen LogP contribution in [0.3, 0.4) is 0 Å². The molecule has 5 nitrogen and oxygen atoms in total. The van der Waals surface area contributed by atoms with Gasteiger partial charge in [-0.15, -0.1) is 0 Å². The molecule has 0 unspecified atom stereocenters. The highest BCUT2D eigenvalue weighted by molar-refractivity contribution is 5.78. The van der Waals surface area contributed by atoms with Crippen molar-refractivity contribution in [3.05, 3.63) is 53.9 Å². The summed E-state index contributed by atoms with van der Waals surface area (Å²) in [6.07, 6.45) is 3.57. The SMILES string of the molecule is C[C@H](NC(=O)CN[C@H](C)[C@H](C)n1cccn1)c1ccc(F)cc1F. The fraction of sp³-hybridized carbons (Fsp3) is 0.412. The minimum absolute atomic E-state index is 0.0218. The lowest BCUT2D eigenvalue weighted by molar-refractivity contribution is -0.121. The molecular weight excluding hydrogens is 314 g/mol. The van der Waals surface area contributed by atoms with E-state index in [1.165, 1.54) is 12.1 Å². The lowest BCUT2D eigenvalue weighted by Crippen LogP contribution is -2.42. The summed E-state index contributed by atoms with van der Waals surface area (Å²) in [4.78, 5) is 12.0. The minimum atomic E-state index is -0.670. The molecule has 0 aliphatic heterocycles. The Labute approximate surface area is 140 Å². The predicted molar refractivity (Wildman–Crippen MR) is 87.3 cm³/mol. The number of hydrogen-bond donors (Lipinski definition) is 2. The number of aromatic nitrogens is 2. The van der Waals surface area contributed by atoms with Gasteiger partial charge < -0.3 is 10.6 Å². The Balaban J connectivity index is 1.84. The van der Waals surface area contributed by atoms with Crippen molar-refractivity contribution in [2.45, 2.75) is 38.9 Å². The Morgan fingerprint density at radius 1 is 1.29 bits per heavy atom. The molecule has 2 aromatic rings. The third-order valence-corrected chi connectivity index (χ3v) is 4.06. The smallest absolute Gasteiger partial charge is 0.234 e. The van der Waals surface area contributed by atoms with Crippen LogP contribution in [0.2, 0.25) is 0 Å². The molecule has 1 aromatic carbocycles. The molecule has 3 atom stereocenters. The molecular formula is C17H22F2N4O. The molecule has 0 saturated carbocycles. The van der Waals surface area contributed by atoms with Gasteiger partial charge in [0.1, 0.15) is 11.6 Å². The van der Waals surface area contributed by atoms with Gasteiger partial charge in [0.25, 0.3) is 0 Å². The van der Waals surface area contributed by atoms with Crippen molar-refractivity contribution >= 4 is 5.91 Å². The van der Waals surface area contributed by atoms with E-state index in [4.69, 9.17) is 0 Å². The van der Waals surface area contributed by atoms with Crippen LogP contribution in [0.25, 0.3) is 0 Å². The molecule has 0 fully saturated rings. The summed E-state index contributed by atoms with van der Waals surface area (Å²) in [5, 5.41) is 10.00. The van der Waals surface area contributed by atoms with Crippen molar-refractivity contribution in [2.75, 3.05) is 6.54 Å². The van der Waals surface area contributed by atoms with E-state index in [0.717, 1.165) is 6.07 Å². The Hall–Kier alpha value is -2.28. The van der Waals surface area contributed by atoms with E-state index < -0.39 is 17.7 Å². The van der Waals surface area contributed by atoms with Crippen LogP contribution >= 0.6 is 0 Å². The molecule has 0 aliphatic carbocycles. The number of halogens is 2. The highest BCUT2D eigenvalue weighted by Gasteiger charge is 2.17. The zero-order valence-corrected chi connectivity index (χ0v) is 14.0. The van der Waals surface area contributed by atoms with Gasteiger partial charge in [0.2, 0.25) is 5.91 Å². The predicted octanol–water partition coefficient (Wildman–Crippen LogP) is 2.58. The van der Waals surface area contributed by atoms with Crippen LogP contribution in [0.1, 0.15) is 38.4 Å². The van der Waals surface area contributed by atoms with Crippen molar-refractivity contribution in [3.8, 4) is 0 Å². The van der Waals surface area contributed by atoms with Gasteiger partial charge in [-0.25, -0.2) is 8.78 Å². The third-order valence-electron chi connectivity index (χ3n) is 4.06. The largest absolute Gasteiger partial charge is 0.348 e. The Kier molecular flexibility index (Phi) is 6.03. The number of rotatable bonds is 7. The van der Waals surface area contributed by atoms with E-state index in [1.807, 2.05) is 30.8 Å². The number of amides is 1. The molecule has 0 aliphatic rings. The topological polar surface area (TPSA) is 59.0 Å². The van der Waals surface area contributed by atoms with Crippen LogP contribution in [0.15, 0.2) is 36.7 Å². The molecule has 24 heavy (non-hydrogen) atoms. The number of nitrogens with one attached hydrogen (secondary N) is 2. The highest BCUT2D eigenvalue weighted by atomic mass is 19.1. The van der Waals surface area contributed by atoms with Gasteiger partial charge in [-0.05, 0) is 32.9 Å². The molecule has 0 radical (unpaired) electrons. The number of nitrogens with zero attached hydrogens (tertiary/aromatic N) is 2. The van der Waals surface area contributed by atoms with Gasteiger partial charge >= 0.3 is 0 Å². The second-order valence-electron chi connectivity index (χ2n) is 5.85. The maximum atomic E-state index is 13.7. The van der Waals surface area contributed by atoms with Crippen LogP contribution in [0.4, 0.5) is 8.78 Å². The van der Waals surface area contributed by atoms with E-state index in [2.05, 4.69) is 15.7 Å². The van der Waals surface area contributed by atoms with Gasteiger partial charge in [0.15, 0.2) is 0 Å². The first-order valence-corrected chi connectivity index (χ1v) is 7.85. The average Bonchev–Trinajstić information content (AvgIpc) is 3.06. The number of benzene rings is 1. The summed E-state index contributed by atoms with van der Waals surface area (Å²) in [5.41, 5.74) is 0.253. The molecule has 0 bridgehead atoms. The highest BCUT2D eigenvalue weighted by Crippen LogP contribution is 2.17. The summed E-state index contributed by atoms with van der Waals surface area (Å²) < 4.78 is 28.5. The third kappa shape index (κ3) is 4.61. The molecule has 2 N–H and O–H groups in total. The van der Waals surface area contributed by atoms with Gasteiger partial charge in [-0.1, -0.05) is 6.07 Å². The molecule has 1 heterocycles. The zero-order chi connectivity index (χ0) is 17.7. The number of carbonyl (C=O) groups is 1. The molecule has 7 heteroatoms. The van der Waals surface area contributed by atoms with Crippen LogP contribution < -0.4 is 10.6 Å².